The van der Waals surface area contributed by atoms with E-state index in [0.717, 1.165) is 42.1 Å². The summed E-state index contributed by atoms with van der Waals surface area (Å²) in [6.45, 7) is 18.8. The van der Waals surface area contributed by atoms with Crippen molar-refractivity contribution in [3.63, 3.8) is 0 Å². The quantitative estimate of drug-likeness (QED) is 0.602. The maximum absolute atomic E-state index is 12.3. The lowest BCUT2D eigenvalue weighted by molar-refractivity contribution is 0.111. The van der Waals surface area contributed by atoms with Crippen LogP contribution in [0.1, 0.15) is 63.5 Å². The summed E-state index contributed by atoms with van der Waals surface area (Å²) in [5.74, 6) is 2.66. The molecule has 3 aliphatic heterocycles. The molecule has 1 aromatic rings. The minimum atomic E-state index is -0.0617. The molecular weight excluding hydrogens is 408 g/mol. The Labute approximate surface area is 201 Å². The van der Waals surface area contributed by atoms with E-state index in [2.05, 4.69) is 60.7 Å². The molecule has 4 rings (SSSR count). The standard InChI is InChI=1S/C28H44N4O/c1-21(2)17-24-8-12-30(13-9-24)19-25-10-14-31(15-11-25)20-26-5-6-27(22(3)18-26)32-16-7-23(4)29-28(32)33/h5-6,18,21,24-25H,4,7-17,19-20H2,1-3H3,(H,29,33). The van der Waals surface area contributed by atoms with Crippen LogP contribution in [0.15, 0.2) is 30.5 Å². The Morgan fingerprint density at radius 1 is 1.00 bits per heavy atom. The van der Waals surface area contributed by atoms with Crippen LogP contribution in [0.2, 0.25) is 0 Å². The number of likely N-dealkylation sites (tertiary alicyclic amines) is 2. The van der Waals surface area contributed by atoms with Crippen LogP contribution in [0, 0.1) is 24.7 Å². The van der Waals surface area contributed by atoms with Gasteiger partial charge in [-0.1, -0.05) is 32.6 Å². The van der Waals surface area contributed by atoms with Crippen molar-refractivity contribution in [2.45, 2.75) is 65.8 Å². The summed E-state index contributed by atoms with van der Waals surface area (Å²) in [7, 11) is 0. The fourth-order valence-corrected chi connectivity index (χ4v) is 6.00. The second kappa shape index (κ2) is 11.1. The van der Waals surface area contributed by atoms with Gasteiger partial charge in [0.1, 0.15) is 0 Å². The topological polar surface area (TPSA) is 38.8 Å². The van der Waals surface area contributed by atoms with E-state index >= 15 is 0 Å². The van der Waals surface area contributed by atoms with Gasteiger partial charge in [-0.2, -0.15) is 0 Å². The van der Waals surface area contributed by atoms with Crippen LogP contribution in [0.4, 0.5) is 10.5 Å². The molecule has 3 heterocycles. The molecule has 5 heteroatoms. The van der Waals surface area contributed by atoms with Crippen LogP contribution in [-0.4, -0.2) is 55.1 Å². The van der Waals surface area contributed by atoms with Crippen LogP contribution in [-0.2, 0) is 6.54 Å². The number of hydrogen-bond donors (Lipinski definition) is 1. The Morgan fingerprint density at radius 3 is 2.30 bits per heavy atom. The highest BCUT2D eigenvalue weighted by molar-refractivity contribution is 5.94. The first kappa shape index (κ1) is 24.3. The highest BCUT2D eigenvalue weighted by Crippen LogP contribution is 2.28. The fraction of sp³-hybridized carbons (Fsp3) is 0.679. The second-order valence-corrected chi connectivity index (χ2v) is 11.1. The molecule has 5 nitrogen and oxygen atoms in total. The Balaban J connectivity index is 1.21. The van der Waals surface area contributed by atoms with Gasteiger partial charge < -0.3 is 10.2 Å². The first-order valence-electron chi connectivity index (χ1n) is 13.2. The first-order chi connectivity index (χ1) is 15.9. The maximum Gasteiger partial charge on any atom is 0.326 e. The number of anilines is 1. The fourth-order valence-electron chi connectivity index (χ4n) is 6.00. The smallest absolute Gasteiger partial charge is 0.312 e. The molecule has 0 aliphatic carbocycles. The Bertz CT molecular complexity index is 819. The molecule has 0 bridgehead atoms. The number of hydrogen-bond acceptors (Lipinski definition) is 3. The summed E-state index contributed by atoms with van der Waals surface area (Å²) in [6.07, 6.45) is 7.66. The lowest BCUT2D eigenvalue weighted by Gasteiger charge is -2.38. The third-order valence-corrected chi connectivity index (χ3v) is 7.86. The second-order valence-electron chi connectivity index (χ2n) is 11.1. The molecule has 0 spiro atoms. The van der Waals surface area contributed by atoms with E-state index in [4.69, 9.17) is 0 Å². The normalized spacial score (nSPS) is 22.2. The Kier molecular flexibility index (Phi) is 8.13. The number of benzene rings is 1. The molecule has 0 radical (unpaired) electrons. The number of carbonyl (C=O) groups excluding carboxylic acids is 1. The average Bonchev–Trinajstić information content (AvgIpc) is 2.77. The third-order valence-electron chi connectivity index (χ3n) is 7.86. The molecule has 182 valence electrons. The van der Waals surface area contributed by atoms with Gasteiger partial charge in [-0.05, 0) is 100 Å². The number of nitrogens with zero attached hydrogens (tertiary/aromatic N) is 3. The van der Waals surface area contributed by atoms with Crippen LogP contribution in [0.25, 0.3) is 0 Å². The molecule has 0 unspecified atom stereocenters. The van der Waals surface area contributed by atoms with Gasteiger partial charge in [0.2, 0.25) is 0 Å². The molecule has 0 saturated carbocycles. The summed E-state index contributed by atoms with van der Waals surface area (Å²) in [5.41, 5.74) is 4.35. The van der Waals surface area contributed by atoms with E-state index in [9.17, 15) is 4.79 Å². The predicted molar refractivity (Wildman–Crippen MR) is 137 cm³/mol. The number of amides is 2. The lowest BCUT2D eigenvalue weighted by atomic mass is 9.87. The summed E-state index contributed by atoms with van der Waals surface area (Å²) >= 11 is 0. The zero-order valence-corrected chi connectivity index (χ0v) is 21.1. The van der Waals surface area contributed by atoms with Gasteiger partial charge in [-0.3, -0.25) is 9.80 Å². The van der Waals surface area contributed by atoms with Crippen molar-refractivity contribution in [1.82, 2.24) is 15.1 Å². The van der Waals surface area contributed by atoms with Crippen LogP contribution >= 0.6 is 0 Å². The highest BCUT2D eigenvalue weighted by Gasteiger charge is 2.26. The molecule has 1 N–H and O–H groups in total. The van der Waals surface area contributed by atoms with E-state index in [0.29, 0.717) is 6.54 Å². The first-order valence-corrected chi connectivity index (χ1v) is 13.2. The predicted octanol–water partition coefficient (Wildman–Crippen LogP) is 5.40. The molecular formula is C28H44N4O. The zero-order valence-electron chi connectivity index (χ0n) is 21.1. The van der Waals surface area contributed by atoms with Crippen LogP contribution in [0.3, 0.4) is 0 Å². The molecule has 3 fully saturated rings. The minimum absolute atomic E-state index is 0.0617. The van der Waals surface area contributed by atoms with Gasteiger partial charge in [0, 0.05) is 37.4 Å². The number of urea groups is 1. The Morgan fingerprint density at radius 2 is 1.67 bits per heavy atom. The number of nitrogens with one attached hydrogen (secondary N) is 1. The Hall–Kier alpha value is -1.85. The van der Waals surface area contributed by atoms with Gasteiger partial charge in [0.05, 0.1) is 0 Å². The molecule has 3 saturated heterocycles. The number of aryl methyl sites for hydroxylation is 1. The van der Waals surface area contributed by atoms with Gasteiger partial charge in [-0.25, -0.2) is 4.79 Å². The van der Waals surface area contributed by atoms with E-state index in [-0.39, 0.29) is 6.03 Å². The van der Waals surface area contributed by atoms with Crippen molar-refractivity contribution >= 4 is 11.7 Å². The summed E-state index contributed by atoms with van der Waals surface area (Å²) < 4.78 is 0. The summed E-state index contributed by atoms with van der Waals surface area (Å²) in [4.78, 5) is 19.5. The summed E-state index contributed by atoms with van der Waals surface area (Å²) in [5, 5.41) is 2.86. The number of rotatable bonds is 7. The monoisotopic (exact) mass is 452 g/mol. The van der Waals surface area contributed by atoms with Crippen molar-refractivity contribution < 1.29 is 4.79 Å². The number of piperidine rings is 2. The van der Waals surface area contributed by atoms with Crippen molar-refractivity contribution in [3.8, 4) is 0 Å². The van der Waals surface area contributed by atoms with Gasteiger partial charge in [0.25, 0.3) is 0 Å². The van der Waals surface area contributed by atoms with Crippen molar-refractivity contribution in [2.24, 2.45) is 17.8 Å². The lowest BCUT2D eigenvalue weighted by Crippen LogP contribution is -2.45. The van der Waals surface area contributed by atoms with Gasteiger partial charge in [0.15, 0.2) is 0 Å². The molecule has 1 aromatic carbocycles. The average molecular weight is 453 g/mol. The third kappa shape index (κ3) is 6.60. The molecule has 33 heavy (non-hydrogen) atoms. The van der Waals surface area contributed by atoms with E-state index in [1.54, 1.807) is 0 Å². The molecule has 2 amide bonds. The summed E-state index contributed by atoms with van der Waals surface area (Å²) in [6, 6.07) is 6.52. The van der Waals surface area contributed by atoms with E-state index < -0.39 is 0 Å². The van der Waals surface area contributed by atoms with Gasteiger partial charge in [-0.15, -0.1) is 0 Å². The van der Waals surface area contributed by atoms with Crippen molar-refractivity contribution in [1.29, 1.82) is 0 Å². The maximum atomic E-state index is 12.3. The molecule has 0 atom stereocenters. The van der Waals surface area contributed by atoms with Crippen LogP contribution in [0.5, 0.6) is 0 Å². The van der Waals surface area contributed by atoms with E-state index in [1.165, 1.54) is 76.0 Å². The van der Waals surface area contributed by atoms with Crippen LogP contribution < -0.4 is 10.2 Å². The highest BCUT2D eigenvalue weighted by atomic mass is 16.2. The molecule has 3 aliphatic rings. The van der Waals surface area contributed by atoms with Crippen molar-refractivity contribution in [3.05, 3.63) is 41.6 Å². The number of carbonyl (C=O) groups is 1. The minimum Gasteiger partial charge on any atom is -0.312 e. The SMILES string of the molecule is C=C1CCN(c2ccc(CN3CCC(CN4CCC(CC(C)C)CC4)CC3)cc2C)C(=O)N1. The van der Waals surface area contributed by atoms with E-state index in [1.807, 2.05) is 4.90 Å². The van der Waals surface area contributed by atoms with Crippen molar-refractivity contribution in [2.75, 3.05) is 44.2 Å². The van der Waals surface area contributed by atoms with Gasteiger partial charge >= 0.3 is 6.03 Å². The largest absolute Gasteiger partial charge is 0.326 e. The zero-order chi connectivity index (χ0) is 23.4. The molecule has 0 aromatic heterocycles.